The molecule has 7 nitrogen and oxygen atoms in total. The Morgan fingerprint density at radius 1 is 1.03 bits per heavy atom. The molecule has 2 aromatic rings. The smallest absolute Gasteiger partial charge is 0.257 e. The van der Waals surface area contributed by atoms with Gasteiger partial charge in [-0.1, -0.05) is 25.4 Å². The standard InChI is InChI=1S/C24H30ClN3O4S/c1-17-13-18(2)16-28(15-17)33(30,31)21-7-8-23(25)22(14-21)24(29)26-19-3-5-20(6-4-19)27-9-11-32-12-10-27/h3-8,14,17-18H,9-13,15-16H2,1-2H3,(H,26,29)/t17-,18+. The molecule has 2 aromatic carbocycles. The van der Waals surface area contributed by atoms with Gasteiger partial charge < -0.3 is 15.0 Å². The van der Waals surface area contributed by atoms with Crippen LogP contribution in [0.25, 0.3) is 0 Å². The van der Waals surface area contributed by atoms with Gasteiger partial charge in [0.2, 0.25) is 10.0 Å². The molecule has 1 amide bonds. The average molecular weight is 492 g/mol. The summed E-state index contributed by atoms with van der Waals surface area (Å²) in [7, 11) is -3.71. The van der Waals surface area contributed by atoms with Crippen molar-refractivity contribution in [1.29, 1.82) is 0 Å². The van der Waals surface area contributed by atoms with Gasteiger partial charge in [0.25, 0.3) is 5.91 Å². The SMILES string of the molecule is C[C@@H]1C[C@H](C)CN(S(=O)(=O)c2ccc(Cl)c(C(=O)Nc3ccc(N4CCOCC4)cc3)c2)C1. The molecule has 1 N–H and O–H groups in total. The molecule has 4 rings (SSSR count). The molecule has 2 aliphatic rings. The van der Waals surface area contributed by atoms with E-state index in [1.165, 1.54) is 22.5 Å². The fraction of sp³-hybridized carbons (Fsp3) is 0.458. The Morgan fingerprint density at radius 3 is 2.30 bits per heavy atom. The number of carbonyl (C=O) groups excluding carboxylic acids is 1. The predicted molar refractivity (Wildman–Crippen MR) is 131 cm³/mol. The van der Waals surface area contributed by atoms with E-state index in [0.29, 0.717) is 43.8 Å². The quantitative estimate of drug-likeness (QED) is 0.681. The Bertz CT molecular complexity index is 1090. The number of hydrogen-bond acceptors (Lipinski definition) is 5. The third-order valence-electron chi connectivity index (χ3n) is 6.16. The van der Waals surface area contributed by atoms with Crippen molar-refractivity contribution in [3.8, 4) is 0 Å². The molecule has 33 heavy (non-hydrogen) atoms. The molecule has 2 heterocycles. The third kappa shape index (κ3) is 5.51. The normalized spacial score (nSPS) is 22.2. The van der Waals surface area contributed by atoms with E-state index in [1.807, 2.05) is 24.3 Å². The molecule has 0 aliphatic carbocycles. The minimum atomic E-state index is -3.71. The number of nitrogens with zero attached hydrogens (tertiary/aromatic N) is 2. The number of ether oxygens (including phenoxy) is 1. The van der Waals surface area contributed by atoms with Crippen LogP contribution in [0.4, 0.5) is 11.4 Å². The first-order valence-electron chi connectivity index (χ1n) is 11.3. The van der Waals surface area contributed by atoms with Gasteiger partial charge in [0.1, 0.15) is 0 Å². The van der Waals surface area contributed by atoms with E-state index < -0.39 is 15.9 Å². The first kappa shape index (κ1) is 24.0. The molecule has 2 atom stereocenters. The van der Waals surface area contributed by atoms with Crippen LogP contribution < -0.4 is 10.2 Å². The summed E-state index contributed by atoms with van der Waals surface area (Å²) in [5, 5.41) is 3.03. The molecule has 0 aromatic heterocycles. The van der Waals surface area contributed by atoms with Crippen molar-refractivity contribution >= 4 is 38.9 Å². The van der Waals surface area contributed by atoms with Gasteiger partial charge in [-0.3, -0.25) is 4.79 Å². The van der Waals surface area contributed by atoms with Crippen LogP contribution >= 0.6 is 11.6 Å². The second-order valence-electron chi connectivity index (χ2n) is 9.01. The van der Waals surface area contributed by atoms with Gasteiger partial charge in [-0.15, -0.1) is 0 Å². The highest BCUT2D eigenvalue weighted by Crippen LogP contribution is 2.29. The van der Waals surface area contributed by atoms with Crippen LogP contribution in [0.1, 0.15) is 30.6 Å². The minimum absolute atomic E-state index is 0.0843. The summed E-state index contributed by atoms with van der Waals surface area (Å²) in [6, 6.07) is 11.9. The van der Waals surface area contributed by atoms with E-state index in [9.17, 15) is 13.2 Å². The molecule has 9 heteroatoms. The minimum Gasteiger partial charge on any atom is -0.378 e. The Morgan fingerprint density at radius 2 is 1.67 bits per heavy atom. The first-order chi connectivity index (χ1) is 15.7. The number of morpholine rings is 1. The summed E-state index contributed by atoms with van der Waals surface area (Å²) in [4.78, 5) is 15.3. The van der Waals surface area contributed by atoms with Crippen molar-refractivity contribution < 1.29 is 17.9 Å². The molecule has 0 saturated carbocycles. The van der Waals surface area contributed by atoms with Gasteiger partial charge in [-0.25, -0.2) is 8.42 Å². The molecular formula is C24H30ClN3O4S. The second kappa shape index (κ2) is 10.0. The van der Waals surface area contributed by atoms with Crippen LogP contribution in [0.2, 0.25) is 5.02 Å². The largest absolute Gasteiger partial charge is 0.378 e. The van der Waals surface area contributed by atoms with Crippen LogP contribution in [0.5, 0.6) is 0 Å². The molecule has 2 saturated heterocycles. The Balaban J connectivity index is 1.51. The summed E-state index contributed by atoms with van der Waals surface area (Å²) >= 11 is 6.28. The average Bonchev–Trinajstić information content (AvgIpc) is 2.79. The topological polar surface area (TPSA) is 79.0 Å². The Kier molecular flexibility index (Phi) is 7.28. The first-order valence-corrected chi connectivity index (χ1v) is 13.1. The van der Waals surface area contributed by atoms with Crippen LogP contribution in [0.3, 0.4) is 0 Å². The lowest BCUT2D eigenvalue weighted by molar-refractivity contribution is 0.102. The van der Waals surface area contributed by atoms with Crippen molar-refractivity contribution in [2.75, 3.05) is 49.6 Å². The second-order valence-corrected chi connectivity index (χ2v) is 11.4. The number of amides is 1. The van der Waals surface area contributed by atoms with Crippen molar-refractivity contribution in [2.24, 2.45) is 11.8 Å². The van der Waals surface area contributed by atoms with Gasteiger partial charge in [-0.05, 0) is 60.7 Å². The van der Waals surface area contributed by atoms with Gasteiger partial charge in [0.15, 0.2) is 0 Å². The van der Waals surface area contributed by atoms with Crippen molar-refractivity contribution in [2.45, 2.75) is 25.2 Å². The monoisotopic (exact) mass is 491 g/mol. The highest BCUT2D eigenvalue weighted by Gasteiger charge is 2.32. The number of benzene rings is 2. The van der Waals surface area contributed by atoms with Crippen LogP contribution in [-0.4, -0.2) is 58.0 Å². The molecule has 2 aliphatic heterocycles. The molecular weight excluding hydrogens is 462 g/mol. The van der Waals surface area contributed by atoms with E-state index >= 15 is 0 Å². The Labute approximate surface area is 200 Å². The fourth-order valence-corrected chi connectivity index (χ4v) is 6.48. The summed E-state index contributed by atoms with van der Waals surface area (Å²) in [6.45, 7) is 8.14. The zero-order valence-corrected chi connectivity index (χ0v) is 20.5. The molecule has 0 unspecified atom stereocenters. The van der Waals surface area contributed by atoms with Gasteiger partial charge in [0, 0.05) is 37.6 Å². The van der Waals surface area contributed by atoms with E-state index in [0.717, 1.165) is 25.2 Å². The molecule has 0 spiro atoms. The number of halogens is 1. The lowest BCUT2D eigenvalue weighted by Crippen LogP contribution is -2.42. The Hall–Kier alpha value is -2.13. The molecule has 0 radical (unpaired) electrons. The number of hydrogen-bond donors (Lipinski definition) is 1. The van der Waals surface area contributed by atoms with Crippen molar-refractivity contribution in [1.82, 2.24) is 4.31 Å². The zero-order chi connectivity index (χ0) is 23.6. The van der Waals surface area contributed by atoms with Gasteiger partial charge >= 0.3 is 0 Å². The van der Waals surface area contributed by atoms with Gasteiger partial charge in [-0.2, -0.15) is 4.31 Å². The van der Waals surface area contributed by atoms with E-state index in [1.54, 1.807) is 0 Å². The summed E-state index contributed by atoms with van der Waals surface area (Å²) < 4.78 is 33.4. The van der Waals surface area contributed by atoms with Crippen molar-refractivity contribution in [3.05, 3.63) is 53.1 Å². The number of carbonyl (C=O) groups is 1. The molecule has 0 bridgehead atoms. The number of anilines is 2. The van der Waals surface area contributed by atoms with E-state index in [4.69, 9.17) is 16.3 Å². The highest BCUT2D eigenvalue weighted by molar-refractivity contribution is 7.89. The third-order valence-corrected chi connectivity index (χ3v) is 8.31. The van der Waals surface area contributed by atoms with Gasteiger partial charge in [0.05, 0.1) is 28.7 Å². The maximum atomic E-state index is 13.2. The maximum absolute atomic E-state index is 13.2. The zero-order valence-electron chi connectivity index (χ0n) is 19.0. The lowest BCUT2D eigenvalue weighted by Gasteiger charge is -2.34. The van der Waals surface area contributed by atoms with Crippen molar-refractivity contribution in [3.63, 3.8) is 0 Å². The summed E-state index contributed by atoms with van der Waals surface area (Å²) in [5.74, 6) is 0.134. The van der Waals surface area contributed by atoms with Crippen LogP contribution in [-0.2, 0) is 14.8 Å². The molecule has 2 fully saturated rings. The van der Waals surface area contributed by atoms with Crippen LogP contribution in [0, 0.1) is 11.8 Å². The van der Waals surface area contributed by atoms with E-state index in [2.05, 4.69) is 24.1 Å². The van der Waals surface area contributed by atoms with E-state index in [-0.39, 0.29) is 15.5 Å². The number of sulfonamides is 1. The highest BCUT2D eigenvalue weighted by atomic mass is 35.5. The number of nitrogens with one attached hydrogen (secondary N) is 1. The number of piperidine rings is 1. The maximum Gasteiger partial charge on any atom is 0.257 e. The number of rotatable bonds is 5. The van der Waals surface area contributed by atoms with Crippen LogP contribution in [0.15, 0.2) is 47.4 Å². The fourth-order valence-electron chi connectivity index (χ4n) is 4.57. The lowest BCUT2D eigenvalue weighted by atomic mass is 9.94. The molecule has 178 valence electrons. The predicted octanol–water partition coefficient (Wildman–Crippen LogP) is 4.10. The summed E-state index contributed by atoms with van der Waals surface area (Å²) in [6.07, 6.45) is 1.00. The summed E-state index contributed by atoms with van der Waals surface area (Å²) in [5.41, 5.74) is 1.81.